The predicted molar refractivity (Wildman–Crippen MR) is 101 cm³/mol. The van der Waals surface area contributed by atoms with Gasteiger partial charge in [-0.1, -0.05) is 30.3 Å². The Morgan fingerprint density at radius 2 is 2.00 bits per heavy atom. The smallest absolute Gasteiger partial charge is 0.407 e. The van der Waals surface area contributed by atoms with E-state index in [2.05, 4.69) is 10.3 Å². The highest BCUT2D eigenvalue weighted by Gasteiger charge is 2.42. The zero-order valence-electron chi connectivity index (χ0n) is 15.4. The number of amides is 2. The van der Waals surface area contributed by atoms with Crippen LogP contribution in [0, 0.1) is 6.92 Å². The zero-order chi connectivity index (χ0) is 18.9. The predicted octanol–water partition coefficient (Wildman–Crippen LogP) is 3.16. The van der Waals surface area contributed by atoms with E-state index in [1.807, 2.05) is 48.2 Å². The maximum Gasteiger partial charge on any atom is 0.407 e. The van der Waals surface area contributed by atoms with Crippen molar-refractivity contribution in [2.75, 3.05) is 19.6 Å². The molecule has 0 unspecified atom stereocenters. The minimum atomic E-state index is -0.474. The SMILES string of the molecule is Cc1nccc(-c2ccccc2)c1C(=O)N1CCC[C@]2(CC1)CNC(=O)O2. The number of ether oxygens (including phenoxy) is 1. The lowest BCUT2D eigenvalue weighted by Crippen LogP contribution is -2.37. The topological polar surface area (TPSA) is 71.5 Å². The van der Waals surface area contributed by atoms with Gasteiger partial charge < -0.3 is 15.0 Å². The molecule has 2 amide bonds. The van der Waals surface area contributed by atoms with Crippen molar-refractivity contribution < 1.29 is 14.3 Å². The molecule has 1 aromatic carbocycles. The summed E-state index contributed by atoms with van der Waals surface area (Å²) >= 11 is 0. The Morgan fingerprint density at radius 1 is 1.19 bits per heavy atom. The van der Waals surface area contributed by atoms with Gasteiger partial charge >= 0.3 is 6.09 Å². The second kappa shape index (κ2) is 7.02. The minimum absolute atomic E-state index is 0.00575. The molecule has 4 rings (SSSR count). The maximum absolute atomic E-state index is 13.4. The maximum atomic E-state index is 13.4. The molecule has 1 N–H and O–H groups in total. The van der Waals surface area contributed by atoms with Crippen LogP contribution in [0.25, 0.3) is 11.1 Å². The van der Waals surface area contributed by atoms with Crippen molar-refractivity contribution in [2.24, 2.45) is 0 Å². The molecule has 0 radical (unpaired) electrons. The van der Waals surface area contributed by atoms with Gasteiger partial charge in [-0.2, -0.15) is 0 Å². The van der Waals surface area contributed by atoms with E-state index in [9.17, 15) is 9.59 Å². The van der Waals surface area contributed by atoms with Crippen LogP contribution in [-0.2, 0) is 4.74 Å². The van der Waals surface area contributed by atoms with E-state index in [1.165, 1.54) is 0 Å². The standard InChI is InChI=1S/C21H23N3O3/c1-15-18(17(8-11-22-15)16-6-3-2-4-7-16)19(25)24-12-5-9-21(10-13-24)14-23-20(26)27-21/h2-4,6-8,11H,5,9-10,12-14H2,1H3,(H,23,26)/t21-/m0/s1. The summed E-state index contributed by atoms with van der Waals surface area (Å²) in [6, 6.07) is 11.8. The van der Waals surface area contributed by atoms with Crippen LogP contribution < -0.4 is 5.32 Å². The molecule has 140 valence electrons. The highest BCUT2D eigenvalue weighted by Crippen LogP contribution is 2.31. The Morgan fingerprint density at radius 3 is 2.74 bits per heavy atom. The molecule has 2 fully saturated rings. The van der Waals surface area contributed by atoms with Crippen LogP contribution in [0.3, 0.4) is 0 Å². The molecule has 2 saturated heterocycles. The Kier molecular flexibility index (Phi) is 4.56. The molecule has 1 spiro atoms. The lowest BCUT2D eigenvalue weighted by molar-refractivity contribution is 0.0439. The van der Waals surface area contributed by atoms with Gasteiger partial charge in [-0.25, -0.2) is 4.79 Å². The van der Waals surface area contributed by atoms with E-state index in [1.54, 1.807) is 6.20 Å². The summed E-state index contributed by atoms with van der Waals surface area (Å²) in [5, 5.41) is 2.75. The summed E-state index contributed by atoms with van der Waals surface area (Å²) in [6.07, 6.45) is 3.62. The quantitative estimate of drug-likeness (QED) is 0.887. The molecule has 6 heteroatoms. The molecule has 1 aromatic heterocycles. The number of pyridine rings is 1. The van der Waals surface area contributed by atoms with Crippen molar-refractivity contribution in [2.45, 2.75) is 31.8 Å². The van der Waals surface area contributed by atoms with Crippen molar-refractivity contribution in [1.29, 1.82) is 0 Å². The number of likely N-dealkylation sites (tertiary alicyclic amines) is 1. The number of hydrogen-bond donors (Lipinski definition) is 1. The highest BCUT2D eigenvalue weighted by molar-refractivity contribution is 6.01. The molecule has 2 aromatic rings. The third kappa shape index (κ3) is 3.39. The van der Waals surface area contributed by atoms with Crippen LogP contribution in [0.2, 0.25) is 0 Å². The monoisotopic (exact) mass is 365 g/mol. The first kappa shape index (κ1) is 17.5. The number of aryl methyl sites for hydroxylation is 1. The van der Waals surface area contributed by atoms with Gasteiger partial charge in [0.2, 0.25) is 0 Å². The van der Waals surface area contributed by atoms with Gasteiger partial charge in [0.05, 0.1) is 17.8 Å². The molecule has 6 nitrogen and oxygen atoms in total. The molecule has 0 aliphatic carbocycles. The summed E-state index contributed by atoms with van der Waals surface area (Å²) in [4.78, 5) is 31.1. The van der Waals surface area contributed by atoms with Crippen molar-refractivity contribution in [1.82, 2.24) is 15.2 Å². The summed E-state index contributed by atoms with van der Waals surface area (Å²) < 4.78 is 5.52. The Bertz CT molecular complexity index is 868. The number of nitrogens with zero attached hydrogens (tertiary/aromatic N) is 2. The van der Waals surface area contributed by atoms with E-state index in [4.69, 9.17) is 4.74 Å². The number of benzene rings is 1. The fraction of sp³-hybridized carbons (Fsp3) is 0.381. The number of carbonyl (C=O) groups is 2. The van der Waals surface area contributed by atoms with Gasteiger partial charge in [0, 0.05) is 25.7 Å². The normalized spacial score (nSPS) is 22.3. The van der Waals surface area contributed by atoms with Crippen LogP contribution in [0.4, 0.5) is 4.79 Å². The highest BCUT2D eigenvalue weighted by atomic mass is 16.6. The molecule has 3 heterocycles. The first-order valence-corrected chi connectivity index (χ1v) is 9.35. The number of nitrogens with one attached hydrogen (secondary N) is 1. The van der Waals surface area contributed by atoms with Crippen LogP contribution in [0.1, 0.15) is 35.3 Å². The van der Waals surface area contributed by atoms with Gasteiger partial charge in [0.15, 0.2) is 0 Å². The summed E-state index contributed by atoms with van der Waals surface area (Å²) in [7, 11) is 0. The van der Waals surface area contributed by atoms with Crippen LogP contribution in [0.15, 0.2) is 42.6 Å². The molecule has 27 heavy (non-hydrogen) atoms. The van der Waals surface area contributed by atoms with Crippen LogP contribution in [0.5, 0.6) is 0 Å². The van der Waals surface area contributed by atoms with Gasteiger partial charge in [0.25, 0.3) is 5.91 Å². The Hall–Kier alpha value is -2.89. The van der Waals surface area contributed by atoms with Crippen LogP contribution >= 0.6 is 0 Å². The number of carbonyl (C=O) groups excluding carboxylic acids is 2. The van der Waals surface area contributed by atoms with Crippen molar-refractivity contribution in [3.05, 3.63) is 53.9 Å². The summed E-state index contributed by atoms with van der Waals surface area (Å²) in [6.45, 7) is 3.62. The second-order valence-corrected chi connectivity index (χ2v) is 7.26. The average molecular weight is 365 g/mol. The molecule has 0 saturated carbocycles. The number of alkyl carbamates (subject to hydrolysis) is 1. The van der Waals surface area contributed by atoms with Gasteiger partial charge in [0.1, 0.15) is 5.60 Å². The number of rotatable bonds is 2. The van der Waals surface area contributed by atoms with Crippen molar-refractivity contribution in [3.8, 4) is 11.1 Å². The first-order chi connectivity index (χ1) is 13.1. The number of hydrogen-bond acceptors (Lipinski definition) is 4. The van der Waals surface area contributed by atoms with Crippen molar-refractivity contribution >= 4 is 12.0 Å². The largest absolute Gasteiger partial charge is 0.441 e. The molecular weight excluding hydrogens is 342 g/mol. The lowest BCUT2D eigenvalue weighted by Gasteiger charge is -2.25. The van der Waals surface area contributed by atoms with E-state index in [0.717, 1.165) is 29.7 Å². The third-order valence-electron chi connectivity index (χ3n) is 5.49. The van der Waals surface area contributed by atoms with Crippen molar-refractivity contribution in [3.63, 3.8) is 0 Å². The molecule has 2 aliphatic rings. The van der Waals surface area contributed by atoms with Crippen LogP contribution in [-0.4, -0.2) is 47.1 Å². The average Bonchev–Trinajstić information content (AvgIpc) is 2.92. The molecular formula is C21H23N3O3. The Balaban J connectivity index is 1.61. The molecule has 2 aliphatic heterocycles. The molecule has 1 atom stereocenters. The Labute approximate surface area is 158 Å². The first-order valence-electron chi connectivity index (χ1n) is 9.35. The second-order valence-electron chi connectivity index (χ2n) is 7.26. The fourth-order valence-corrected chi connectivity index (χ4v) is 4.00. The van der Waals surface area contributed by atoms with E-state index in [-0.39, 0.29) is 12.0 Å². The third-order valence-corrected chi connectivity index (χ3v) is 5.49. The van der Waals surface area contributed by atoms with Gasteiger partial charge in [-0.05, 0) is 37.0 Å². The number of aromatic nitrogens is 1. The van der Waals surface area contributed by atoms with E-state index < -0.39 is 5.60 Å². The lowest BCUT2D eigenvalue weighted by atomic mass is 9.95. The van der Waals surface area contributed by atoms with E-state index in [0.29, 0.717) is 31.6 Å². The minimum Gasteiger partial charge on any atom is -0.441 e. The fourth-order valence-electron chi connectivity index (χ4n) is 4.00. The summed E-state index contributed by atoms with van der Waals surface area (Å²) in [5.74, 6) is -0.00575. The zero-order valence-corrected chi connectivity index (χ0v) is 15.4. The van der Waals surface area contributed by atoms with E-state index >= 15 is 0 Å². The van der Waals surface area contributed by atoms with Gasteiger partial charge in [-0.3, -0.25) is 9.78 Å². The summed E-state index contributed by atoms with van der Waals surface area (Å²) in [5.41, 5.74) is 2.82. The molecule has 0 bridgehead atoms. The van der Waals surface area contributed by atoms with Gasteiger partial charge in [-0.15, -0.1) is 0 Å².